The normalized spacial score (nSPS) is 19.7. The van der Waals surface area contributed by atoms with Crippen LogP contribution in [0.4, 0.5) is 0 Å². The van der Waals surface area contributed by atoms with E-state index in [1.807, 2.05) is 30.3 Å². The molecule has 0 unspecified atom stereocenters. The van der Waals surface area contributed by atoms with Gasteiger partial charge in [-0.05, 0) is 44.2 Å². The van der Waals surface area contributed by atoms with Crippen LogP contribution in [0.5, 0.6) is 0 Å². The monoisotopic (exact) mass is 453 g/mol. The molecule has 1 aromatic carbocycles. The summed E-state index contributed by atoms with van der Waals surface area (Å²) in [6, 6.07) is 9.42. The zero-order chi connectivity index (χ0) is 19.5. The second-order valence-electron chi connectivity index (χ2n) is 8.96. The number of hydrogen-bond acceptors (Lipinski definition) is 2. The molecule has 2 atom stereocenters. The lowest BCUT2D eigenvalue weighted by atomic mass is 9.85. The molecule has 0 aromatic heterocycles. The number of rotatable bonds is 11. The van der Waals surface area contributed by atoms with Gasteiger partial charge in [-0.3, -0.25) is 0 Å². The predicted molar refractivity (Wildman–Crippen MR) is 113 cm³/mol. The Bertz CT molecular complexity index is 547. The van der Waals surface area contributed by atoms with Crippen LogP contribution in [0, 0.1) is 5.92 Å². The number of benzene rings is 1. The average Bonchev–Trinajstić information content (AvgIpc) is 2.66. The number of hydrogen-bond donors (Lipinski definition) is 0. The third-order valence-corrected chi connectivity index (χ3v) is 5.95. The molecule has 4 heteroatoms. The Morgan fingerprint density at radius 3 is 2.36 bits per heavy atom. The van der Waals surface area contributed by atoms with Gasteiger partial charge in [0.1, 0.15) is 6.10 Å². The van der Waals surface area contributed by atoms with Crippen molar-refractivity contribution in [1.29, 1.82) is 0 Å². The molecule has 0 amide bonds. The Labute approximate surface area is 183 Å². The Balaban J connectivity index is 0.00000392. The number of nitrogens with zero attached hydrogens (tertiary/aromatic N) is 1. The fourth-order valence-electron chi connectivity index (χ4n) is 4.36. The molecular formula is C24H40BrNO2. The third kappa shape index (κ3) is 9.09. The van der Waals surface area contributed by atoms with Crippen LogP contribution in [-0.2, 0) is 4.74 Å². The molecule has 0 radical (unpaired) electrons. The molecule has 160 valence electrons. The summed E-state index contributed by atoms with van der Waals surface area (Å²) in [5.41, 5.74) is 0.669. The lowest BCUT2D eigenvalue weighted by Gasteiger charge is -2.38. The maximum Gasteiger partial charge on any atom is 0.338 e. The van der Waals surface area contributed by atoms with Crippen LogP contribution in [0.1, 0.15) is 81.5 Å². The highest BCUT2D eigenvalue weighted by atomic mass is 79.9. The van der Waals surface area contributed by atoms with E-state index >= 15 is 0 Å². The molecule has 2 rings (SSSR count). The number of esters is 1. The molecule has 0 saturated heterocycles. The first kappa shape index (κ1) is 25.2. The summed E-state index contributed by atoms with van der Waals surface area (Å²) in [6.07, 6.45) is 12.8. The van der Waals surface area contributed by atoms with E-state index in [9.17, 15) is 4.79 Å². The first-order valence-corrected chi connectivity index (χ1v) is 11.1. The van der Waals surface area contributed by atoms with E-state index in [4.69, 9.17) is 4.74 Å². The molecule has 0 aliphatic heterocycles. The van der Waals surface area contributed by atoms with Gasteiger partial charge in [-0.1, -0.05) is 57.2 Å². The van der Waals surface area contributed by atoms with Crippen molar-refractivity contribution in [3.63, 3.8) is 0 Å². The van der Waals surface area contributed by atoms with E-state index in [1.54, 1.807) is 0 Å². The quantitative estimate of drug-likeness (QED) is 0.292. The summed E-state index contributed by atoms with van der Waals surface area (Å²) < 4.78 is 7.00. The molecule has 1 saturated carbocycles. The molecule has 28 heavy (non-hydrogen) atoms. The number of unbranched alkanes of at least 4 members (excludes halogenated alkanes) is 5. The summed E-state index contributed by atoms with van der Waals surface area (Å²) in [7, 11) is 4.69. The molecule has 0 heterocycles. The fourth-order valence-corrected chi connectivity index (χ4v) is 4.36. The highest BCUT2D eigenvalue weighted by Gasteiger charge is 2.33. The van der Waals surface area contributed by atoms with Crippen molar-refractivity contribution >= 4 is 5.97 Å². The minimum absolute atomic E-state index is 0. The van der Waals surface area contributed by atoms with Crippen LogP contribution in [0.25, 0.3) is 0 Å². The minimum atomic E-state index is -0.159. The van der Waals surface area contributed by atoms with Crippen molar-refractivity contribution in [2.45, 2.75) is 77.2 Å². The molecule has 3 nitrogen and oxygen atoms in total. The van der Waals surface area contributed by atoms with Crippen LogP contribution in [0.15, 0.2) is 30.3 Å². The second kappa shape index (κ2) is 13.4. The largest absolute Gasteiger partial charge is 1.00 e. The van der Waals surface area contributed by atoms with Crippen molar-refractivity contribution in [3.05, 3.63) is 35.9 Å². The van der Waals surface area contributed by atoms with Gasteiger partial charge in [0.15, 0.2) is 0 Å². The molecule has 1 fully saturated rings. The smallest absolute Gasteiger partial charge is 0.338 e. The lowest BCUT2D eigenvalue weighted by molar-refractivity contribution is -0.894. The molecular weight excluding hydrogens is 414 g/mol. The van der Waals surface area contributed by atoms with Gasteiger partial charge in [-0.25, -0.2) is 4.79 Å². The average molecular weight is 454 g/mol. The zero-order valence-electron chi connectivity index (χ0n) is 18.2. The summed E-state index contributed by atoms with van der Waals surface area (Å²) in [5, 5.41) is 0. The van der Waals surface area contributed by atoms with Gasteiger partial charge in [0.05, 0.1) is 32.7 Å². The van der Waals surface area contributed by atoms with E-state index in [2.05, 4.69) is 21.0 Å². The highest BCUT2D eigenvalue weighted by molar-refractivity contribution is 5.89. The minimum Gasteiger partial charge on any atom is -1.00 e. The van der Waals surface area contributed by atoms with Gasteiger partial charge in [0.25, 0.3) is 0 Å². The van der Waals surface area contributed by atoms with Crippen molar-refractivity contribution in [1.82, 2.24) is 0 Å². The highest BCUT2D eigenvalue weighted by Crippen LogP contribution is 2.29. The first-order valence-electron chi connectivity index (χ1n) is 11.1. The van der Waals surface area contributed by atoms with Crippen molar-refractivity contribution < 1.29 is 31.0 Å². The molecule has 1 aliphatic carbocycles. The van der Waals surface area contributed by atoms with Crippen LogP contribution in [0.2, 0.25) is 0 Å². The van der Waals surface area contributed by atoms with E-state index in [-0.39, 0.29) is 29.1 Å². The molecule has 1 aliphatic rings. The number of carbonyl (C=O) groups is 1. The molecule has 0 spiro atoms. The summed E-state index contributed by atoms with van der Waals surface area (Å²) >= 11 is 0. The van der Waals surface area contributed by atoms with Gasteiger partial charge >= 0.3 is 5.97 Å². The Hall–Kier alpha value is -0.870. The number of ether oxygens (including phenoxy) is 1. The van der Waals surface area contributed by atoms with Gasteiger partial charge in [-0.15, -0.1) is 0 Å². The van der Waals surface area contributed by atoms with Crippen LogP contribution < -0.4 is 17.0 Å². The zero-order valence-corrected chi connectivity index (χ0v) is 19.8. The maximum absolute atomic E-state index is 12.5. The topological polar surface area (TPSA) is 26.3 Å². The molecule has 0 bridgehead atoms. The Morgan fingerprint density at radius 1 is 1.00 bits per heavy atom. The van der Waals surface area contributed by atoms with E-state index < -0.39 is 0 Å². The summed E-state index contributed by atoms with van der Waals surface area (Å²) in [4.78, 5) is 12.5. The van der Waals surface area contributed by atoms with Crippen LogP contribution in [0.3, 0.4) is 0 Å². The third-order valence-electron chi connectivity index (χ3n) is 5.95. The Kier molecular flexibility index (Phi) is 12.0. The second-order valence-corrected chi connectivity index (χ2v) is 8.96. The van der Waals surface area contributed by atoms with Crippen molar-refractivity contribution in [2.24, 2.45) is 5.92 Å². The maximum atomic E-state index is 12.5. The van der Waals surface area contributed by atoms with Crippen molar-refractivity contribution in [2.75, 3.05) is 27.2 Å². The predicted octanol–water partition coefficient (Wildman–Crippen LogP) is 2.84. The fraction of sp³-hybridized carbons (Fsp3) is 0.708. The van der Waals surface area contributed by atoms with Gasteiger partial charge < -0.3 is 26.2 Å². The van der Waals surface area contributed by atoms with Gasteiger partial charge in [-0.2, -0.15) is 0 Å². The first-order chi connectivity index (χ1) is 13.0. The molecule has 0 N–H and O–H groups in total. The number of quaternary nitrogens is 1. The summed E-state index contributed by atoms with van der Waals surface area (Å²) in [6.45, 7) is 4.61. The molecule has 1 aromatic rings. The van der Waals surface area contributed by atoms with Gasteiger partial charge in [0.2, 0.25) is 0 Å². The van der Waals surface area contributed by atoms with Crippen LogP contribution >= 0.6 is 0 Å². The van der Waals surface area contributed by atoms with E-state index in [0.29, 0.717) is 11.5 Å². The Morgan fingerprint density at radius 2 is 1.64 bits per heavy atom. The number of carbonyl (C=O) groups excluding carboxylic acids is 1. The van der Waals surface area contributed by atoms with E-state index in [0.717, 1.165) is 17.4 Å². The van der Waals surface area contributed by atoms with Crippen LogP contribution in [-0.4, -0.2) is 43.7 Å². The number of halogens is 1. The lowest BCUT2D eigenvalue weighted by Crippen LogP contribution is -3.00. The summed E-state index contributed by atoms with van der Waals surface area (Å²) in [5.74, 6) is 0.329. The van der Waals surface area contributed by atoms with E-state index in [1.165, 1.54) is 64.3 Å². The van der Waals surface area contributed by atoms with Crippen molar-refractivity contribution in [3.8, 4) is 0 Å². The SMILES string of the molecule is CCCCCCCC[N+](C)(C)C[C@H]1CCCC[C@@H]1OC(=O)c1ccccc1.[Br-]. The standard InChI is InChI=1S/C24H40NO2.BrH/c1-4-5-6-7-8-14-19-25(2,3)20-22-17-12-13-18-23(22)27-24(26)21-15-10-9-11-16-21;/h9-11,15-16,22-23H,4-8,12-14,17-20H2,1-3H3;1H/q+1;/p-1/t22-,23+;/m1./s1. The van der Waals surface area contributed by atoms with Gasteiger partial charge in [0, 0.05) is 5.92 Å².